The van der Waals surface area contributed by atoms with Crippen LogP contribution < -0.4 is 4.74 Å². The van der Waals surface area contributed by atoms with Gasteiger partial charge in [0.2, 0.25) is 0 Å². The molecule has 0 unspecified atom stereocenters. The third-order valence-electron chi connectivity index (χ3n) is 4.60. The SMILES string of the molecule is O=C(C=Cc1ccc(OCc2cn(Cc3ccc(F)cc3)nn2)cc1)c1ccccc1. The average molecular weight is 413 g/mol. The summed E-state index contributed by atoms with van der Waals surface area (Å²) in [6.07, 6.45) is 5.14. The van der Waals surface area contributed by atoms with E-state index in [0.29, 0.717) is 23.6 Å². The number of carbonyl (C=O) groups is 1. The van der Waals surface area contributed by atoms with E-state index in [9.17, 15) is 9.18 Å². The second-order valence-corrected chi connectivity index (χ2v) is 6.96. The number of allylic oxidation sites excluding steroid dienone is 1. The van der Waals surface area contributed by atoms with Crippen LogP contribution in [0.5, 0.6) is 5.75 Å². The van der Waals surface area contributed by atoms with Gasteiger partial charge in [-0.2, -0.15) is 0 Å². The van der Waals surface area contributed by atoms with Crippen molar-refractivity contribution in [3.63, 3.8) is 0 Å². The molecule has 6 heteroatoms. The van der Waals surface area contributed by atoms with Crippen LogP contribution in [0.4, 0.5) is 4.39 Å². The summed E-state index contributed by atoms with van der Waals surface area (Å²) >= 11 is 0. The minimum absolute atomic E-state index is 0.0374. The van der Waals surface area contributed by atoms with Gasteiger partial charge in [-0.05, 0) is 41.5 Å². The second-order valence-electron chi connectivity index (χ2n) is 6.96. The van der Waals surface area contributed by atoms with E-state index >= 15 is 0 Å². The van der Waals surface area contributed by atoms with Crippen molar-refractivity contribution in [2.75, 3.05) is 0 Å². The molecular weight excluding hydrogens is 393 g/mol. The first kappa shape index (κ1) is 20.2. The third kappa shape index (κ3) is 5.73. The number of nitrogens with zero attached hydrogens (tertiary/aromatic N) is 3. The number of ketones is 1. The van der Waals surface area contributed by atoms with Crippen LogP contribution in [0.2, 0.25) is 0 Å². The van der Waals surface area contributed by atoms with Crippen molar-refractivity contribution in [1.29, 1.82) is 0 Å². The lowest BCUT2D eigenvalue weighted by Gasteiger charge is -2.04. The van der Waals surface area contributed by atoms with E-state index in [0.717, 1.165) is 11.1 Å². The van der Waals surface area contributed by atoms with E-state index in [-0.39, 0.29) is 18.2 Å². The van der Waals surface area contributed by atoms with Gasteiger partial charge >= 0.3 is 0 Å². The molecule has 0 amide bonds. The lowest BCUT2D eigenvalue weighted by atomic mass is 10.1. The normalized spacial score (nSPS) is 11.0. The highest BCUT2D eigenvalue weighted by Crippen LogP contribution is 2.15. The Balaban J connectivity index is 1.29. The summed E-state index contributed by atoms with van der Waals surface area (Å²) in [5.41, 5.74) is 3.20. The molecule has 0 spiro atoms. The summed E-state index contributed by atoms with van der Waals surface area (Å²) in [5.74, 6) is 0.394. The molecule has 0 N–H and O–H groups in total. The molecule has 0 fully saturated rings. The predicted molar refractivity (Wildman–Crippen MR) is 116 cm³/mol. The minimum atomic E-state index is -0.263. The van der Waals surface area contributed by atoms with Crippen LogP contribution in [0.25, 0.3) is 6.08 Å². The fourth-order valence-electron chi connectivity index (χ4n) is 2.96. The topological polar surface area (TPSA) is 57.0 Å². The van der Waals surface area contributed by atoms with Gasteiger partial charge in [0.25, 0.3) is 0 Å². The van der Waals surface area contributed by atoms with E-state index in [1.165, 1.54) is 12.1 Å². The Morgan fingerprint density at radius 1 is 0.968 bits per heavy atom. The molecule has 31 heavy (non-hydrogen) atoms. The fraction of sp³-hybridized carbons (Fsp3) is 0.0800. The molecule has 1 heterocycles. The molecule has 4 rings (SSSR count). The van der Waals surface area contributed by atoms with Gasteiger partial charge in [0.15, 0.2) is 5.78 Å². The molecule has 0 radical (unpaired) electrons. The van der Waals surface area contributed by atoms with E-state index in [1.54, 1.807) is 47.3 Å². The maximum Gasteiger partial charge on any atom is 0.185 e. The summed E-state index contributed by atoms with van der Waals surface area (Å²) in [6.45, 7) is 0.793. The molecule has 0 aliphatic heterocycles. The first-order chi connectivity index (χ1) is 15.2. The van der Waals surface area contributed by atoms with E-state index < -0.39 is 0 Å². The standard InChI is InChI=1S/C25H20FN3O2/c26-22-11-6-20(7-12-22)16-29-17-23(27-28-29)18-31-24-13-8-19(9-14-24)10-15-25(30)21-4-2-1-3-5-21/h1-15,17H,16,18H2. The van der Waals surface area contributed by atoms with Crippen LogP contribution in [0.15, 0.2) is 91.1 Å². The van der Waals surface area contributed by atoms with E-state index in [4.69, 9.17) is 4.74 Å². The Labute approximate surface area is 179 Å². The zero-order valence-electron chi connectivity index (χ0n) is 16.7. The Bertz CT molecular complexity index is 1170. The van der Waals surface area contributed by atoms with Gasteiger partial charge in [0.1, 0.15) is 23.9 Å². The molecule has 0 bridgehead atoms. The summed E-state index contributed by atoms with van der Waals surface area (Å²) in [5, 5.41) is 8.18. The molecule has 5 nitrogen and oxygen atoms in total. The molecule has 0 saturated carbocycles. The smallest absolute Gasteiger partial charge is 0.185 e. The van der Waals surface area contributed by atoms with Gasteiger partial charge in [-0.15, -0.1) is 5.10 Å². The molecule has 0 aliphatic carbocycles. The summed E-state index contributed by atoms with van der Waals surface area (Å²) in [7, 11) is 0. The largest absolute Gasteiger partial charge is 0.487 e. The quantitative estimate of drug-likeness (QED) is 0.303. The third-order valence-corrected chi connectivity index (χ3v) is 4.60. The van der Waals surface area contributed by atoms with Gasteiger partial charge in [0.05, 0.1) is 12.7 Å². The van der Waals surface area contributed by atoms with Crippen LogP contribution >= 0.6 is 0 Å². The number of hydrogen-bond acceptors (Lipinski definition) is 4. The van der Waals surface area contributed by atoms with Gasteiger partial charge in [-0.3, -0.25) is 4.79 Å². The lowest BCUT2D eigenvalue weighted by Crippen LogP contribution is -2.00. The molecule has 3 aromatic carbocycles. The van der Waals surface area contributed by atoms with Gasteiger partial charge in [-0.25, -0.2) is 9.07 Å². The van der Waals surface area contributed by atoms with Crippen molar-refractivity contribution in [1.82, 2.24) is 15.0 Å². The van der Waals surface area contributed by atoms with Crippen molar-refractivity contribution < 1.29 is 13.9 Å². The highest BCUT2D eigenvalue weighted by molar-refractivity contribution is 6.06. The van der Waals surface area contributed by atoms with Gasteiger partial charge in [-0.1, -0.05) is 65.9 Å². The first-order valence-corrected chi connectivity index (χ1v) is 9.79. The van der Waals surface area contributed by atoms with Crippen LogP contribution in [0.1, 0.15) is 27.2 Å². The van der Waals surface area contributed by atoms with Crippen LogP contribution in [0, 0.1) is 5.82 Å². The number of aromatic nitrogens is 3. The molecule has 154 valence electrons. The maximum atomic E-state index is 13.0. The van der Waals surface area contributed by atoms with Crippen molar-refractivity contribution in [3.8, 4) is 5.75 Å². The average Bonchev–Trinajstić information content (AvgIpc) is 3.26. The van der Waals surface area contributed by atoms with Crippen LogP contribution in [0.3, 0.4) is 0 Å². The van der Waals surface area contributed by atoms with E-state index in [2.05, 4.69) is 10.3 Å². The Kier molecular flexibility index (Phi) is 6.28. The summed E-state index contributed by atoms with van der Waals surface area (Å²) < 4.78 is 20.4. The Hall–Kier alpha value is -4.06. The molecule has 0 atom stereocenters. The van der Waals surface area contributed by atoms with Crippen LogP contribution in [-0.2, 0) is 13.2 Å². The Morgan fingerprint density at radius 2 is 1.71 bits per heavy atom. The number of benzene rings is 3. The maximum absolute atomic E-state index is 13.0. The number of rotatable bonds is 8. The first-order valence-electron chi connectivity index (χ1n) is 9.79. The lowest BCUT2D eigenvalue weighted by molar-refractivity contribution is 0.104. The number of hydrogen-bond donors (Lipinski definition) is 0. The second kappa shape index (κ2) is 9.63. The summed E-state index contributed by atoms with van der Waals surface area (Å²) in [6, 6.07) is 22.9. The molecule has 4 aromatic rings. The van der Waals surface area contributed by atoms with Crippen molar-refractivity contribution >= 4 is 11.9 Å². The highest BCUT2D eigenvalue weighted by atomic mass is 19.1. The van der Waals surface area contributed by atoms with Crippen LogP contribution in [-0.4, -0.2) is 20.8 Å². The number of halogens is 1. The summed E-state index contributed by atoms with van der Waals surface area (Å²) in [4.78, 5) is 12.1. The Morgan fingerprint density at radius 3 is 2.45 bits per heavy atom. The van der Waals surface area contributed by atoms with Crippen molar-refractivity contribution in [2.24, 2.45) is 0 Å². The molecule has 1 aromatic heterocycles. The van der Waals surface area contributed by atoms with Crippen molar-refractivity contribution in [3.05, 3.63) is 119 Å². The molecule has 0 aliphatic rings. The zero-order chi connectivity index (χ0) is 21.5. The van der Waals surface area contributed by atoms with Crippen molar-refractivity contribution in [2.45, 2.75) is 13.2 Å². The number of carbonyl (C=O) groups excluding carboxylic acids is 1. The van der Waals surface area contributed by atoms with Gasteiger partial charge < -0.3 is 4.74 Å². The fourth-order valence-corrected chi connectivity index (χ4v) is 2.96. The zero-order valence-corrected chi connectivity index (χ0v) is 16.7. The van der Waals surface area contributed by atoms with E-state index in [1.807, 2.05) is 42.5 Å². The highest BCUT2D eigenvalue weighted by Gasteiger charge is 2.04. The van der Waals surface area contributed by atoms with Gasteiger partial charge in [0, 0.05) is 5.56 Å². The predicted octanol–water partition coefficient (Wildman–Crippen LogP) is 4.94. The number of ether oxygens (including phenoxy) is 1. The monoisotopic (exact) mass is 413 g/mol. The molecular formula is C25H20FN3O2. The molecule has 0 saturated heterocycles. The minimum Gasteiger partial charge on any atom is -0.487 e.